The van der Waals surface area contributed by atoms with Gasteiger partial charge in [0.2, 0.25) is 0 Å². The summed E-state index contributed by atoms with van der Waals surface area (Å²) >= 11 is 0. The number of aliphatic carboxylic acids is 1. The fraction of sp³-hybridized carbons (Fsp3) is 0.333. The Morgan fingerprint density at radius 1 is 1.50 bits per heavy atom. The van der Waals surface area contributed by atoms with E-state index in [0.717, 1.165) is 6.07 Å². The first-order chi connectivity index (χ1) is 8.23. The van der Waals surface area contributed by atoms with Gasteiger partial charge in [-0.2, -0.15) is 0 Å². The number of ether oxygens (including phenoxy) is 1. The lowest BCUT2D eigenvalue weighted by atomic mass is 10.2. The number of carbonyl (C=O) groups is 1. The molecule has 0 unspecified atom stereocenters. The molecular formula is C9H9F3N2O4. The summed E-state index contributed by atoms with van der Waals surface area (Å²) in [6, 6.07) is 0.800. The monoisotopic (exact) mass is 266 g/mol. The van der Waals surface area contributed by atoms with Gasteiger partial charge in [0, 0.05) is 12.6 Å². The van der Waals surface area contributed by atoms with Crippen LogP contribution in [-0.2, 0) is 17.8 Å². The molecule has 1 heterocycles. The average molecular weight is 266 g/mol. The number of nitrogens with two attached hydrogens (primary N) is 1. The zero-order valence-corrected chi connectivity index (χ0v) is 8.86. The van der Waals surface area contributed by atoms with Gasteiger partial charge in [0.05, 0.1) is 17.8 Å². The lowest BCUT2D eigenvalue weighted by molar-refractivity contribution is -0.275. The maximum absolute atomic E-state index is 12.0. The number of aromatic nitrogens is 1. The predicted octanol–water partition coefficient (Wildman–Crippen LogP) is 0.772. The lowest BCUT2D eigenvalue weighted by Crippen LogP contribution is -2.18. The van der Waals surface area contributed by atoms with Gasteiger partial charge in [0.15, 0.2) is 11.5 Å². The first kappa shape index (κ1) is 14.0. The van der Waals surface area contributed by atoms with Gasteiger partial charge in [-0.25, -0.2) is 0 Å². The molecule has 0 atom stereocenters. The highest BCUT2D eigenvalue weighted by Gasteiger charge is 2.33. The highest BCUT2D eigenvalue weighted by Crippen LogP contribution is 2.34. The van der Waals surface area contributed by atoms with Gasteiger partial charge in [-0.3, -0.25) is 9.78 Å². The number of carboxylic acids is 1. The number of hydrogen-bond donors (Lipinski definition) is 3. The van der Waals surface area contributed by atoms with Gasteiger partial charge < -0.3 is 20.7 Å². The van der Waals surface area contributed by atoms with Crippen molar-refractivity contribution in [2.45, 2.75) is 19.3 Å². The number of halogens is 3. The molecule has 9 heteroatoms. The van der Waals surface area contributed by atoms with Gasteiger partial charge in [0.1, 0.15) is 0 Å². The van der Waals surface area contributed by atoms with Crippen LogP contribution in [0.3, 0.4) is 0 Å². The maximum atomic E-state index is 12.0. The van der Waals surface area contributed by atoms with Crippen LogP contribution in [-0.4, -0.2) is 27.5 Å². The smallest absolute Gasteiger partial charge is 0.503 e. The number of aromatic hydroxyl groups is 1. The van der Waals surface area contributed by atoms with Crippen molar-refractivity contribution in [3.63, 3.8) is 0 Å². The Kier molecular flexibility index (Phi) is 3.96. The summed E-state index contributed by atoms with van der Waals surface area (Å²) in [5.41, 5.74) is 4.74. The van der Waals surface area contributed by atoms with Crippen LogP contribution in [0.5, 0.6) is 11.5 Å². The molecule has 18 heavy (non-hydrogen) atoms. The Bertz CT molecular complexity index is 462. The molecule has 0 bridgehead atoms. The molecular weight excluding hydrogens is 257 g/mol. The van der Waals surface area contributed by atoms with Crippen molar-refractivity contribution in [3.8, 4) is 11.5 Å². The summed E-state index contributed by atoms with van der Waals surface area (Å²) in [4.78, 5) is 14.1. The van der Waals surface area contributed by atoms with E-state index in [-0.39, 0.29) is 12.2 Å². The molecule has 0 fully saturated rings. The summed E-state index contributed by atoms with van der Waals surface area (Å²) in [6.45, 7) is -0.221. The standard InChI is InChI=1S/C9H9F3N2O4/c10-9(11,12)18-6-1-4(3-13)14-5(8(6)17)2-7(15)16/h1,17H,2-3,13H2,(H,15,16). The lowest BCUT2D eigenvalue weighted by Gasteiger charge is -2.13. The molecule has 0 amide bonds. The van der Waals surface area contributed by atoms with Crippen molar-refractivity contribution in [2.24, 2.45) is 5.73 Å². The van der Waals surface area contributed by atoms with Crippen molar-refractivity contribution in [1.82, 2.24) is 4.98 Å². The minimum Gasteiger partial charge on any atom is -0.503 e. The highest BCUT2D eigenvalue weighted by atomic mass is 19.4. The van der Waals surface area contributed by atoms with Gasteiger partial charge in [0.25, 0.3) is 0 Å². The zero-order chi connectivity index (χ0) is 13.9. The van der Waals surface area contributed by atoms with E-state index in [4.69, 9.17) is 10.8 Å². The van der Waals surface area contributed by atoms with Crippen LogP contribution in [0.15, 0.2) is 6.07 Å². The molecule has 0 aliphatic heterocycles. The van der Waals surface area contributed by atoms with Crippen LogP contribution < -0.4 is 10.5 Å². The molecule has 0 aliphatic carbocycles. The highest BCUT2D eigenvalue weighted by molar-refractivity contribution is 5.71. The molecule has 1 aromatic heterocycles. The largest absolute Gasteiger partial charge is 0.573 e. The summed E-state index contributed by atoms with van der Waals surface area (Å²) < 4.78 is 39.7. The molecule has 0 aromatic carbocycles. The predicted molar refractivity (Wildman–Crippen MR) is 51.8 cm³/mol. The number of alkyl halides is 3. The van der Waals surface area contributed by atoms with E-state index < -0.39 is 35.9 Å². The zero-order valence-electron chi connectivity index (χ0n) is 8.86. The van der Waals surface area contributed by atoms with E-state index in [0.29, 0.717) is 0 Å². The summed E-state index contributed by atoms with van der Waals surface area (Å²) in [5, 5.41) is 18.0. The molecule has 0 saturated heterocycles. The summed E-state index contributed by atoms with van der Waals surface area (Å²) in [5.74, 6) is -3.24. The number of hydrogen-bond acceptors (Lipinski definition) is 5. The Balaban J connectivity index is 3.20. The van der Waals surface area contributed by atoms with E-state index in [1.54, 1.807) is 0 Å². The number of rotatable bonds is 4. The molecule has 1 aromatic rings. The second-order valence-electron chi connectivity index (χ2n) is 3.23. The fourth-order valence-electron chi connectivity index (χ4n) is 1.19. The van der Waals surface area contributed by atoms with Crippen LogP contribution in [0.25, 0.3) is 0 Å². The SMILES string of the molecule is NCc1cc(OC(F)(F)F)c(O)c(CC(=O)O)n1. The first-order valence-corrected chi connectivity index (χ1v) is 4.62. The Labute approximate surface area is 98.8 Å². The molecule has 0 aliphatic rings. The fourth-order valence-corrected chi connectivity index (χ4v) is 1.19. The van der Waals surface area contributed by atoms with Crippen LogP contribution in [0, 0.1) is 0 Å². The Morgan fingerprint density at radius 3 is 2.56 bits per heavy atom. The van der Waals surface area contributed by atoms with Crippen molar-refractivity contribution in [3.05, 3.63) is 17.5 Å². The molecule has 0 radical (unpaired) electrons. The van der Waals surface area contributed by atoms with E-state index in [1.807, 2.05) is 0 Å². The second kappa shape index (κ2) is 5.08. The summed E-state index contributed by atoms with van der Waals surface area (Å²) in [6.07, 6.45) is -5.75. The molecule has 100 valence electrons. The van der Waals surface area contributed by atoms with Crippen molar-refractivity contribution < 1.29 is 32.9 Å². The number of carboxylic acid groups (broad SMARTS) is 1. The van der Waals surface area contributed by atoms with Gasteiger partial charge in [-0.05, 0) is 0 Å². The minimum atomic E-state index is -5.01. The van der Waals surface area contributed by atoms with Gasteiger partial charge >= 0.3 is 12.3 Å². The topological polar surface area (TPSA) is 106 Å². The van der Waals surface area contributed by atoms with Crippen molar-refractivity contribution in [2.75, 3.05) is 0 Å². The van der Waals surface area contributed by atoms with Crippen molar-refractivity contribution in [1.29, 1.82) is 0 Å². The first-order valence-electron chi connectivity index (χ1n) is 4.62. The van der Waals surface area contributed by atoms with E-state index in [1.165, 1.54) is 0 Å². The number of pyridine rings is 1. The molecule has 0 spiro atoms. The molecule has 1 rings (SSSR count). The van der Waals surface area contributed by atoms with Gasteiger partial charge in [-0.15, -0.1) is 13.2 Å². The average Bonchev–Trinajstić information content (AvgIpc) is 2.21. The third kappa shape index (κ3) is 3.77. The maximum Gasteiger partial charge on any atom is 0.573 e. The Morgan fingerprint density at radius 2 is 2.11 bits per heavy atom. The van der Waals surface area contributed by atoms with Crippen molar-refractivity contribution >= 4 is 5.97 Å². The minimum absolute atomic E-state index is 0.0247. The molecule has 0 saturated carbocycles. The Hall–Kier alpha value is -2.03. The second-order valence-corrected chi connectivity index (χ2v) is 3.23. The van der Waals surface area contributed by atoms with Crippen LogP contribution in [0.2, 0.25) is 0 Å². The normalized spacial score (nSPS) is 11.3. The third-order valence-corrected chi connectivity index (χ3v) is 1.84. The van der Waals surface area contributed by atoms with Crippen LogP contribution >= 0.6 is 0 Å². The van der Waals surface area contributed by atoms with E-state index in [9.17, 15) is 23.1 Å². The molecule has 4 N–H and O–H groups in total. The summed E-state index contributed by atoms with van der Waals surface area (Å²) in [7, 11) is 0. The van der Waals surface area contributed by atoms with Crippen LogP contribution in [0.4, 0.5) is 13.2 Å². The quantitative estimate of drug-likeness (QED) is 0.743. The molecule has 6 nitrogen and oxygen atoms in total. The van der Waals surface area contributed by atoms with Crippen LogP contribution in [0.1, 0.15) is 11.4 Å². The third-order valence-electron chi connectivity index (χ3n) is 1.84. The number of nitrogens with zero attached hydrogens (tertiary/aromatic N) is 1. The van der Waals surface area contributed by atoms with E-state index >= 15 is 0 Å². The van der Waals surface area contributed by atoms with E-state index in [2.05, 4.69) is 9.72 Å². The van der Waals surface area contributed by atoms with Gasteiger partial charge in [-0.1, -0.05) is 0 Å².